The highest BCUT2D eigenvalue weighted by Gasteiger charge is 2.08. The summed E-state index contributed by atoms with van der Waals surface area (Å²) in [4.78, 5) is 12.1. The van der Waals surface area contributed by atoms with Crippen LogP contribution in [0.4, 0.5) is 0 Å². The molecule has 1 aromatic rings. The Morgan fingerprint density at radius 3 is 2.83 bits per heavy atom. The van der Waals surface area contributed by atoms with E-state index in [9.17, 15) is 4.79 Å². The number of hydrogen-bond donors (Lipinski definition) is 1. The Morgan fingerprint density at radius 1 is 1.75 bits per heavy atom. The molecule has 1 rings (SSSR count). The third kappa shape index (κ3) is 3.34. The SMILES string of the molecule is CC(N)CC(=O)c1cccs1.Cl. The summed E-state index contributed by atoms with van der Waals surface area (Å²) >= 11 is 1.47. The smallest absolute Gasteiger partial charge is 0.174 e. The van der Waals surface area contributed by atoms with Crippen LogP contribution < -0.4 is 5.73 Å². The van der Waals surface area contributed by atoms with E-state index in [0.29, 0.717) is 6.42 Å². The average molecular weight is 206 g/mol. The predicted molar refractivity (Wildman–Crippen MR) is 54.2 cm³/mol. The molecule has 1 atom stereocenters. The highest BCUT2D eigenvalue weighted by atomic mass is 35.5. The van der Waals surface area contributed by atoms with Crippen molar-refractivity contribution in [3.63, 3.8) is 0 Å². The lowest BCUT2D eigenvalue weighted by Crippen LogP contribution is -2.19. The van der Waals surface area contributed by atoms with Crippen LogP contribution in [-0.4, -0.2) is 11.8 Å². The second-order valence-electron chi connectivity index (χ2n) is 2.58. The zero-order valence-electron chi connectivity index (χ0n) is 6.82. The van der Waals surface area contributed by atoms with Crippen molar-refractivity contribution in [1.29, 1.82) is 0 Å². The fraction of sp³-hybridized carbons (Fsp3) is 0.375. The number of ketones is 1. The second kappa shape index (κ2) is 5.30. The summed E-state index contributed by atoms with van der Waals surface area (Å²) < 4.78 is 0. The molecule has 0 spiro atoms. The Labute approximate surface area is 82.2 Å². The monoisotopic (exact) mass is 205 g/mol. The maximum absolute atomic E-state index is 11.2. The third-order valence-electron chi connectivity index (χ3n) is 1.30. The van der Waals surface area contributed by atoms with E-state index < -0.39 is 0 Å². The topological polar surface area (TPSA) is 43.1 Å². The maximum atomic E-state index is 11.2. The third-order valence-corrected chi connectivity index (χ3v) is 2.21. The Morgan fingerprint density at radius 2 is 2.42 bits per heavy atom. The van der Waals surface area contributed by atoms with Gasteiger partial charge in [-0.1, -0.05) is 6.07 Å². The molecular formula is C8H12ClNOS. The minimum absolute atomic E-state index is 0. The molecule has 0 saturated heterocycles. The van der Waals surface area contributed by atoms with Gasteiger partial charge < -0.3 is 5.73 Å². The van der Waals surface area contributed by atoms with Gasteiger partial charge in [0.1, 0.15) is 0 Å². The molecule has 0 aromatic carbocycles. The molecule has 1 heterocycles. The van der Waals surface area contributed by atoms with Gasteiger partial charge in [-0.2, -0.15) is 0 Å². The molecule has 0 aliphatic heterocycles. The first-order chi connectivity index (χ1) is 5.20. The molecule has 0 aliphatic carbocycles. The van der Waals surface area contributed by atoms with E-state index in [0.717, 1.165) is 4.88 Å². The van der Waals surface area contributed by atoms with Crippen LogP contribution in [0, 0.1) is 0 Å². The second-order valence-corrected chi connectivity index (χ2v) is 3.53. The fourth-order valence-corrected chi connectivity index (χ4v) is 1.51. The van der Waals surface area contributed by atoms with Crippen molar-refractivity contribution >= 4 is 29.5 Å². The largest absolute Gasteiger partial charge is 0.328 e. The number of rotatable bonds is 3. The first kappa shape index (κ1) is 11.6. The molecule has 0 amide bonds. The molecular weight excluding hydrogens is 194 g/mol. The zero-order chi connectivity index (χ0) is 8.27. The van der Waals surface area contributed by atoms with Gasteiger partial charge in [-0.3, -0.25) is 4.79 Å². The van der Waals surface area contributed by atoms with Gasteiger partial charge in [0.15, 0.2) is 5.78 Å². The van der Waals surface area contributed by atoms with Crippen LogP contribution in [0.1, 0.15) is 23.0 Å². The number of carbonyl (C=O) groups excluding carboxylic acids is 1. The molecule has 0 bridgehead atoms. The highest BCUT2D eigenvalue weighted by molar-refractivity contribution is 7.12. The lowest BCUT2D eigenvalue weighted by atomic mass is 10.1. The summed E-state index contributed by atoms with van der Waals surface area (Å²) in [5.41, 5.74) is 5.48. The van der Waals surface area contributed by atoms with E-state index in [2.05, 4.69) is 0 Å². The highest BCUT2D eigenvalue weighted by Crippen LogP contribution is 2.11. The first-order valence-corrected chi connectivity index (χ1v) is 4.40. The van der Waals surface area contributed by atoms with Crippen molar-refractivity contribution in [2.75, 3.05) is 0 Å². The number of halogens is 1. The van der Waals surface area contributed by atoms with Gasteiger partial charge in [0, 0.05) is 12.5 Å². The van der Waals surface area contributed by atoms with Crippen LogP contribution >= 0.6 is 23.7 Å². The molecule has 0 fully saturated rings. The number of Topliss-reactive ketones (excluding diaryl/α,β-unsaturated/α-hetero) is 1. The number of thiophene rings is 1. The Hall–Kier alpha value is -0.380. The molecule has 2 nitrogen and oxygen atoms in total. The molecule has 68 valence electrons. The minimum Gasteiger partial charge on any atom is -0.328 e. The number of carbonyl (C=O) groups is 1. The van der Waals surface area contributed by atoms with Gasteiger partial charge in [0.25, 0.3) is 0 Å². The molecule has 0 radical (unpaired) electrons. The lowest BCUT2D eigenvalue weighted by molar-refractivity contribution is 0.0980. The fourth-order valence-electron chi connectivity index (χ4n) is 0.830. The quantitative estimate of drug-likeness (QED) is 0.768. The van der Waals surface area contributed by atoms with Crippen LogP contribution in [0.25, 0.3) is 0 Å². The molecule has 4 heteroatoms. The van der Waals surface area contributed by atoms with E-state index in [1.54, 1.807) is 0 Å². The zero-order valence-corrected chi connectivity index (χ0v) is 8.45. The van der Waals surface area contributed by atoms with Crippen LogP contribution in [0.2, 0.25) is 0 Å². The summed E-state index contributed by atoms with van der Waals surface area (Å²) in [7, 11) is 0. The number of nitrogens with two attached hydrogens (primary N) is 1. The minimum atomic E-state index is -0.0374. The van der Waals surface area contributed by atoms with E-state index in [-0.39, 0.29) is 24.2 Å². The van der Waals surface area contributed by atoms with Gasteiger partial charge in [-0.05, 0) is 18.4 Å². The van der Waals surface area contributed by atoms with Crippen molar-refractivity contribution in [3.8, 4) is 0 Å². The average Bonchev–Trinajstić information content (AvgIpc) is 2.35. The normalized spacial score (nSPS) is 11.8. The first-order valence-electron chi connectivity index (χ1n) is 3.52. The van der Waals surface area contributed by atoms with Crippen molar-refractivity contribution in [2.24, 2.45) is 5.73 Å². The summed E-state index contributed by atoms with van der Waals surface area (Å²) in [6.07, 6.45) is 0.445. The van der Waals surface area contributed by atoms with Crippen molar-refractivity contribution < 1.29 is 4.79 Å². The molecule has 2 N–H and O–H groups in total. The van der Waals surface area contributed by atoms with Crippen LogP contribution in [0.3, 0.4) is 0 Å². The summed E-state index contributed by atoms with van der Waals surface area (Å²) in [6.45, 7) is 1.84. The summed E-state index contributed by atoms with van der Waals surface area (Å²) in [6, 6.07) is 3.67. The van der Waals surface area contributed by atoms with E-state index in [1.807, 2.05) is 24.4 Å². The molecule has 0 aliphatic rings. The van der Waals surface area contributed by atoms with Gasteiger partial charge >= 0.3 is 0 Å². The standard InChI is InChI=1S/C8H11NOS.ClH/c1-6(9)5-7(10)8-3-2-4-11-8;/h2-4,6H,5,9H2,1H3;1H. The lowest BCUT2D eigenvalue weighted by Gasteiger charge is -2.00. The van der Waals surface area contributed by atoms with Crippen LogP contribution in [-0.2, 0) is 0 Å². The Balaban J connectivity index is 0.00000121. The Kier molecular flexibility index (Phi) is 5.13. The molecule has 1 unspecified atom stereocenters. The van der Waals surface area contributed by atoms with Crippen LogP contribution in [0.15, 0.2) is 17.5 Å². The van der Waals surface area contributed by atoms with Gasteiger partial charge in [-0.15, -0.1) is 23.7 Å². The molecule has 0 saturated carbocycles. The van der Waals surface area contributed by atoms with Gasteiger partial charge in [-0.25, -0.2) is 0 Å². The van der Waals surface area contributed by atoms with Crippen molar-refractivity contribution in [2.45, 2.75) is 19.4 Å². The summed E-state index contributed by atoms with van der Waals surface area (Å²) in [5.74, 6) is 0.148. The predicted octanol–water partition coefficient (Wildman–Crippen LogP) is 2.09. The van der Waals surface area contributed by atoms with Crippen molar-refractivity contribution in [3.05, 3.63) is 22.4 Å². The van der Waals surface area contributed by atoms with E-state index >= 15 is 0 Å². The van der Waals surface area contributed by atoms with Crippen LogP contribution in [0.5, 0.6) is 0 Å². The van der Waals surface area contributed by atoms with Gasteiger partial charge in [0.05, 0.1) is 4.88 Å². The number of hydrogen-bond acceptors (Lipinski definition) is 3. The van der Waals surface area contributed by atoms with E-state index in [4.69, 9.17) is 5.73 Å². The van der Waals surface area contributed by atoms with Gasteiger partial charge in [0.2, 0.25) is 0 Å². The summed E-state index contributed by atoms with van der Waals surface area (Å²) in [5, 5.41) is 1.90. The molecule has 12 heavy (non-hydrogen) atoms. The Bertz CT molecular complexity index is 233. The molecule has 1 aromatic heterocycles. The van der Waals surface area contributed by atoms with Crippen molar-refractivity contribution in [1.82, 2.24) is 0 Å². The maximum Gasteiger partial charge on any atom is 0.174 e. The van der Waals surface area contributed by atoms with E-state index in [1.165, 1.54) is 11.3 Å².